The highest BCUT2D eigenvalue weighted by Crippen LogP contribution is 2.32. The van der Waals surface area contributed by atoms with Crippen LogP contribution in [-0.4, -0.2) is 16.5 Å². The number of rotatable bonds is 3. The lowest BCUT2D eigenvalue weighted by Crippen LogP contribution is -2.25. The van der Waals surface area contributed by atoms with E-state index in [9.17, 15) is 4.39 Å². The van der Waals surface area contributed by atoms with E-state index in [-0.39, 0.29) is 5.82 Å². The lowest BCUT2D eigenvalue weighted by molar-refractivity contribution is 0.628. The topological polar surface area (TPSA) is 41.0 Å². The summed E-state index contributed by atoms with van der Waals surface area (Å²) in [6.45, 7) is 0.924. The van der Waals surface area contributed by atoms with Gasteiger partial charge in [0.15, 0.2) is 0 Å². The van der Waals surface area contributed by atoms with Crippen molar-refractivity contribution in [3.05, 3.63) is 72.3 Å². The van der Waals surface area contributed by atoms with Gasteiger partial charge < -0.3 is 10.2 Å². The molecular formula is C19H17FN4. The number of anilines is 4. The third-order valence-corrected chi connectivity index (χ3v) is 4.14. The second-order valence-electron chi connectivity index (χ2n) is 5.78. The summed E-state index contributed by atoms with van der Waals surface area (Å²) in [5.74, 6) is 1.21. The van der Waals surface area contributed by atoms with Crippen LogP contribution in [0.25, 0.3) is 0 Å². The minimum Gasteiger partial charge on any atom is -0.340 e. The fourth-order valence-electron chi connectivity index (χ4n) is 3.05. The Kier molecular flexibility index (Phi) is 3.83. The maximum atomic E-state index is 13.3. The van der Waals surface area contributed by atoms with E-state index in [1.54, 1.807) is 12.1 Å². The molecule has 0 fully saturated rings. The molecule has 1 aliphatic heterocycles. The SMILES string of the molecule is Fc1cccc(Nc2cc(N3CCCc4ccccc43)ncn2)c1. The van der Waals surface area contributed by atoms with Crippen molar-refractivity contribution in [2.45, 2.75) is 12.8 Å². The molecule has 120 valence electrons. The Hall–Kier alpha value is -2.95. The Morgan fingerprint density at radius 2 is 1.92 bits per heavy atom. The first-order chi connectivity index (χ1) is 11.8. The zero-order valence-corrected chi connectivity index (χ0v) is 13.1. The van der Waals surface area contributed by atoms with Gasteiger partial charge in [0, 0.05) is 24.0 Å². The first kappa shape index (κ1) is 14.6. The molecule has 1 aliphatic rings. The smallest absolute Gasteiger partial charge is 0.138 e. The highest BCUT2D eigenvalue weighted by molar-refractivity contribution is 5.68. The summed E-state index contributed by atoms with van der Waals surface area (Å²) in [5, 5.41) is 3.13. The van der Waals surface area contributed by atoms with E-state index in [4.69, 9.17) is 0 Å². The number of nitrogens with zero attached hydrogens (tertiary/aromatic N) is 3. The number of para-hydroxylation sites is 1. The molecule has 24 heavy (non-hydrogen) atoms. The number of halogens is 1. The molecule has 0 spiro atoms. The van der Waals surface area contributed by atoms with Crippen LogP contribution in [0.4, 0.5) is 27.4 Å². The van der Waals surface area contributed by atoms with E-state index in [0.29, 0.717) is 11.5 Å². The fourth-order valence-corrected chi connectivity index (χ4v) is 3.05. The van der Waals surface area contributed by atoms with E-state index >= 15 is 0 Å². The predicted octanol–water partition coefficient (Wildman–Crippen LogP) is 4.44. The zero-order valence-electron chi connectivity index (χ0n) is 13.1. The minimum atomic E-state index is -0.278. The number of benzene rings is 2. The van der Waals surface area contributed by atoms with Gasteiger partial charge in [-0.25, -0.2) is 14.4 Å². The first-order valence-corrected chi connectivity index (χ1v) is 8.00. The maximum Gasteiger partial charge on any atom is 0.138 e. The molecule has 1 aromatic heterocycles. The van der Waals surface area contributed by atoms with Gasteiger partial charge in [-0.1, -0.05) is 24.3 Å². The summed E-state index contributed by atoms with van der Waals surface area (Å²) < 4.78 is 13.3. The largest absolute Gasteiger partial charge is 0.340 e. The molecule has 4 rings (SSSR count). The summed E-state index contributed by atoms with van der Waals surface area (Å²) in [5.41, 5.74) is 3.19. The standard InChI is InChI=1S/C19H17FN4/c20-15-7-3-8-16(11-15)23-18-12-19(22-13-21-18)24-10-4-6-14-5-1-2-9-17(14)24/h1-3,5,7-9,11-13H,4,6,10H2,(H,21,22,23). The van der Waals surface area contributed by atoms with Crippen molar-refractivity contribution < 1.29 is 4.39 Å². The second kappa shape index (κ2) is 6.28. The summed E-state index contributed by atoms with van der Waals surface area (Å²) in [6.07, 6.45) is 3.72. The Labute approximate surface area is 140 Å². The van der Waals surface area contributed by atoms with Crippen molar-refractivity contribution in [2.75, 3.05) is 16.8 Å². The Morgan fingerprint density at radius 3 is 2.83 bits per heavy atom. The van der Waals surface area contributed by atoms with Crippen LogP contribution in [0.1, 0.15) is 12.0 Å². The summed E-state index contributed by atoms with van der Waals surface area (Å²) in [4.78, 5) is 10.9. The monoisotopic (exact) mass is 320 g/mol. The lowest BCUT2D eigenvalue weighted by atomic mass is 10.0. The fraction of sp³-hybridized carbons (Fsp3) is 0.158. The molecule has 1 N–H and O–H groups in total. The maximum absolute atomic E-state index is 13.3. The van der Waals surface area contributed by atoms with Crippen molar-refractivity contribution in [1.82, 2.24) is 9.97 Å². The van der Waals surface area contributed by atoms with Crippen molar-refractivity contribution in [1.29, 1.82) is 0 Å². The molecule has 0 unspecified atom stereocenters. The van der Waals surface area contributed by atoms with E-state index in [0.717, 1.165) is 25.2 Å². The molecular weight excluding hydrogens is 303 g/mol. The van der Waals surface area contributed by atoms with Crippen LogP contribution >= 0.6 is 0 Å². The number of fused-ring (bicyclic) bond motifs is 1. The summed E-state index contributed by atoms with van der Waals surface area (Å²) >= 11 is 0. The van der Waals surface area contributed by atoms with Crippen molar-refractivity contribution in [2.24, 2.45) is 0 Å². The van der Waals surface area contributed by atoms with Crippen LogP contribution in [-0.2, 0) is 6.42 Å². The molecule has 0 amide bonds. The van der Waals surface area contributed by atoms with Crippen molar-refractivity contribution >= 4 is 23.0 Å². The Morgan fingerprint density at radius 1 is 1.00 bits per heavy atom. The van der Waals surface area contributed by atoms with Gasteiger partial charge >= 0.3 is 0 Å². The van der Waals surface area contributed by atoms with Gasteiger partial charge in [0.05, 0.1) is 0 Å². The Balaban J connectivity index is 1.64. The average Bonchev–Trinajstić information content (AvgIpc) is 2.61. The zero-order chi connectivity index (χ0) is 16.4. The van der Waals surface area contributed by atoms with Crippen molar-refractivity contribution in [3.63, 3.8) is 0 Å². The van der Waals surface area contributed by atoms with Crippen LogP contribution in [0.5, 0.6) is 0 Å². The molecule has 0 bridgehead atoms. The molecule has 3 aromatic rings. The molecule has 0 atom stereocenters. The third kappa shape index (κ3) is 2.93. The van der Waals surface area contributed by atoms with Crippen molar-refractivity contribution in [3.8, 4) is 0 Å². The van der Waals surface area contributed by atoms with Crippen LogP contribution in [0.15, 0.2) is 60.9 Å². The average molecular weight is 320 g/mol. The van der Waals surface area contributed by atoms with Gasteiger partial charge in [-0.2, -0.15) is 0 Å². The lowest BCUT2D eigenvalue weighted by Gasteiger charge is -2.30. The Bertz CT molecular complexity index is 865. The van der Waals surface area contributed by atoms with Crippen LogP contribution < -0.4 is 10.2 Å². The number of hydrogen-bond acceptors (Lipinski definition) is 4. The summed E-state index contributed by atoms with van der Waals surface area (Å²) in [6, 6.07) is 16.6. The van der Waals surface area contributed by atoms with Gasteiger partial charge in [0.1, 0.15) is 23.8 Å². The van der Waals surface area contributed by atoms with E-state index in [2.05, 4.69) is 38.4 Å². The first-order valence-electron chi connectivity index (χ1n) is 8.00. The molecule has 4 nitrogen and oxygen atoms in total. The normalized spacial score (nSPS) is 13.5. The molecule has 5 heteroatoms. The molecule has 0 aliphatic carbocycles. The summed E-state index contributed by atoms with van der Waals surface area (Å²) in [7, 11) is 0. The molecule has 0 saturated heterocycles. The molecule has 0 radical (unpaired) electrons. The van der Waals surface area contributed by atoms with E-state index < -0.39 is 0 Å². The number of hydrogen-bond donors (Lipinski definition) is 1. The predicted molar refractivity (Wildman–Crippen MR) is 93.5 cm³/mol. The second-order valence-corrected chi connectivity index (χ2v) is 5.78. The minimum absolute atomic E-state index is 0.278. The van der Waals surface area contributed by atoms with Crippen LogP contribution in [0.3, 0.4) is 0 Å². The molecule has 0 saturated carbocycles. The highest BCUT2D eigenvalue weighted by atomic mass is 19.1. The van der Waals surface area contributed by atoms with Gasteiger partial charge in [0.2, 0.25) is 0 Å². The van der Waals surface area contributed by atoms with Crippen LogP contribution in [0, 0.1) is 5.82 Å². The third-order valence-electron chi connectivity index (χ3n) is 4.14. The molecule has 2 aromatic carbocycles. The van der Waals surface area contributed by atoms with Gasteiger partial charge in [-0.15, -0.1) is 0 Å². The van der Waals surface area contributed by atoms with Gasteiger partial charge in [0.25, 0.3) is 0 Å². The van der Waals surface area contributed by atoms with E-state index in [1.807, 2.05) is 12.1 Å². The number of aryl methyl sites for hydroxylation is 1. The van der Waals surface area contributed by atoms with Gasteiger partial charge in [-0.3, -0.25) is 0 Å². The van der Waals surface area contributed by atoms with Gasteiger partial charge in [-0.05, 0) is 42.7 Å². The highest BCUT2D eigenvalue weighted by Gasteiger charge is 2.19. The van der Waals surface area contributed by atoms with Crippen LogP contribution in [0.2, 0.25) is 0 Å². The molecule has 2 heterocycles. The quantitative estimate of drug-likeness (QED) is 0.774. The number of aromatic nitrogens is 2. The number of nitrogens with one attached hydrogen (secondary N) is 1. The van der Waals surface area contributed by atoms with E-state index in [1.165, 1.54) is 29.7 Å².